The van der Waals surface area contributed by atoms with Gasteiger partial charge in [-0.25, -0.2) is 13.5 Å². The number of carbonyl (C=O) groups is 2. The van der Waals surface area contributed by atoms with E-state index < -0.39 is 33.7 Å². The molecule has 0 bridgehead atoms. The second kappa shape index (κ2) is 7.47. The number of hydrogen-bond donors (Lipinski definition) is 3. The summed E-state index contributed by atoms with van der Waals surface area (Å²) in [5.41, 5.74) is 0.0613. The third-order valence-electron chi connectivity index (χ3n) is 4.45. The number of benzene rings is 1. The van der Waals surface area contributed by atoms with Crippen molar-refractivity contribution in [3.05, 3.63) is 40.3 Å². The van der Waals surface area contributed by atoms with Crippen LogP contribution in [0.15, 0.2) is 29.1 Å². The highest BCUT2D eigenvalue weighted by Gasteiger charge is 2.30. The van der Waals surface area contributed by atoms with E-state index in [0.29, 0.717) is 22.9 Å². The summed E-state index contributed by atoms with van der Waals surface area (Å²) < 4.78 is 22.9. The fraction of sp³-hybridized carbons (Fsp3) is 0.412. The quantitative estimate of drug-likeness (QED) is 0.613. The summed E-state index contributed by atoms with van der Waals surface area (Å²) in [7, 11) is -3.09. The van der Waals surface area contributed by atoms with Gasteiger partial charge in [-0.1, -0.05) is 18.2 Å². The molecule has 2 heterocycles. The molecule has 3 N–H and O–H groups in total. The predicted molar refractivity (Wildman–Crippen MR) is 98.9 cm³/mol. The van der Waals surface area contributed by atoms with E-state index in [9.17, 15) is 22.8 Å². The molecule has 9 nitrogen and oxygen atoms in total. The molecule has 1 aliphatic heterocycles. The molecule has 0 saturated carbocycles. The summed E-state index contributed by atoms with van der Waals surface area (Å²) in [6.45, 7) is 1.52. The number of rotatable bonds is 5. The molecule has 0 spiro atoms. The molecule has 1 aliphatic rings. The summed E-state index contributed by atoms with van der Waals surface area (Å²) in [6.07, 6.45) is 0.273. The van der Waals surface area contributed by atoms with Gasteiger partial charge in [-0.3, -0.25) is 14.4 Å². The lowest BCUT2D eigenvalue weighted by molar-refractivity contribution is -0.128. The van der Waals surface area contributed by atoms with Crippen LogP contribution in [0.3, 0.4) is 0 Å². The van der Waals surface area contributed by atoms with E-state index in [1.165, 1.54) is 6.92 Å². The first-order valence-corrected chi connectivity index (χ1v) is 10.3. The highest BCUT2D eigenvalue weighted by atomic mass is 32.2. The molecule has 0 radical (unpaired) electrons. The van der Waals surface area contributed by atoms with Crippen molar-refractivity contribution in [2.45, 2.75) is 31.8 Å². The Morgan fingerprint density at radius 2 is 2.00 bits per heavy atom. The summed E-state index contributed by atoms with van der Waals surface area (Å²) >= 11 is 0. The van der Waals surface area contributed by atoms with Gasteiger partial charge < -0.3 is 10.6 Å². The van der Waals surface area contributed by atoms with Crippen LogP contribution in [0.25, 0.3) is 10.8 Å². The zero-order valence-electron chi connectivity index (χ0n) is 14.7. The summed E-state index contributed by atoms with van der Waals surface area (Å²) in [4.78, 5) is 36.2. The Kier molecular flexibility index (Phi) is 5.26. The first-order chi connectivity index (χ1) is 12.7. The second-order valence-corrected chi connectivity index (χ2v) is 8.85. The fourth-order valence-electron chi connectivity index (χ4n) is 3.05. The number of aromatic amines is 1. The summed E-state index contributed by atoms with van der Waals surface area (Å²) in [5.74, 6) is -0.887. The number of nitrogens with one attached hydrogen (secondary N) is 3. The van der Waals surface area contributed by atoms with Crippen LogP contribution in [0.4, 0.5) is 0 Å². The van der Waals surface area contributed by atoms with Crippen LogP contribution in [0.2, 0.25) is 0 Å². The second-order valence-electron chi connectivity index (χ2n) is 6.62. The third kappa shape index (κ3) is 4.51. The minimum Gasteiger partial charge on any atom is -0.351 e. The monoisotopic (exact) mass is 392 g/mol. The van der Waals surface area contributed by atoms with Crippen molar-refractivity contribution in [1.82, 2.24) is 20.8 Å². The Bertz CT molecular complexity index is 1050. The van der Waals surface area contributed by atoms with Gasteiger partial charge in [-0.05, 0) is 19.4 Å². The van der Waals surface area contributed by atoms with Crippen molar-refractivity contribution in [2.75, 3.05) is 11.5 Å². The van der Waals surface area contributed by atoms with Crippen molar-refractivity contribution in [1.29, 1.82) is 0 Å². The number of aromatic nitrogens is 2. The summed E-state index contributed by atoms with van der Waals surface area (Å²) in [6, 6.07) is 5.56. The van der Waals surface area contributed by atoms with Crippen LogP contribution in [0.5, 0.6) is 0 Å². The Labute approximate surface area is 155 Å². The maximum Gasteiger partial charge on any atom is 0.272 e. The minimum atomic E-state index is -3.09. The van der Waals surface area contributed by atoms with E-state index >= 15 is 0 Å². The molecule has 1 aromatic heterocycles. The molecule has 27 heavy (non-hydrogen) atoms. The van der Waals surface area contributed by atoms with Crippen molar-refractivity contribution >= 4 is 32.4 Å². The molecule has 144 valence electrons. The standard InChI is InChI=1S/C17H20N4O5S/c1-10(16(23)19-11-6-7-27(25,26)9-11)18-15(22)8-14-12-4-2-3-5-13(12)17(24)21-20-14/h2-5,10-11H,6-9H2,1H3,(H,18,22)(H,19,23)(H,21,24)/t10-,11-/m0/s1. The molecular weight excluding hydrogens is 372 g/mol. The molecule has 1 saturated heterocycles. The van der Waals surface area contributed by atoms with E-state index in [4.69, 9.17) is 0 Å². The van der Waals surface area contributed by atoms with Crippen LogP contribution in [-0.2, 0) is 25.8 Å². The van der Waals surface area contributed by atoms with Crippen molar-refractivity contribution in [2.24, 2.45) is 0 Å². The number of hydrogen-bond acceptors (Lipinski definition) is 6. The van der Waals surface area contributed by atoms with E-state index in [1.54, 1.807) is 24.3 Å². The van der Waals surface area contributed by atoms with Crippen LogP contribution in [0.1, 0.15) is 19.0 Å². The van der Waals surface area contributed by atoms with Crippen molar-refractivity contribution < 1.29 is 18.0 Å². The molecule has 2 atom stereocenters. The SMILES string of the molecule is C[C@H](NC(=O)Cc1n[nH]c(=O)c2ccccc12)C(=O)N[C@H]1CCS(=O)(=O)C1. The van der Waals surface area contributed by atoms with Gasteiger partial charge in [0.2, 0.25) is 11.8 Å². The number of H-pyrrole nitrogens is 1. The predicted octanol–water partition coefficient (Wildman–Crippen LogP) is -0.726. The third-order valence-corrected chi connectivity index (χ3v) is 6.22. The number of sulfone groups is 1. The van der Waals surface area contributed by atoms with Gasteiger partial charge >= 0.3 is 0 Å². The first kappa shape index (κ1) is 19.0. The van der Waals surface area contributed by atoms with Gasteiger partial charge in [0, 0.05) is 11.4 Å². The van der Waals surface area contributed by atoms with Crippen molar-refractivity contribution in [3.8, 4) is 0 Å². The van der Waals surface area contributed by atoms with E-state index in [2.05, 4.69) is 20.8 Å². The summed E-state index contributed by atoms with van der Waals surface area (Å²) in [5, 5.41) is 12.5. The van der Waals surface area contributed by atoms with Gasteiger partial charge in [0.1, 0.15) is 6.04 Å². The number of nitrogens with zero attached hydrogens (tertiary/aromatic N) is 1. The molecule has 0 unspecified atom stereocenters. The Balaban J connectivity index is 1.62. The van der Waals surface area contributed by atoms with Crippen LogP contribution < -0.4 is 16.2 Å². The van der Waals surface area contributed by atoms with Gasteiger partial charge in [0.25, 0.3) is 5.56 Å². The van der Waals surface area contributed by atoms with E-state index in [0.717, 1.165) is 0 Å². The van der Waals surface area contributed by atoms with Gasteiger partial charge in [-0.2, -0.15) is 5.10 Å². The molecule has 2 aromatic rings. The highest BCUT2D eigenvalue weighted by molar-refractivity contribution is 7.91. The normalized spacial score (nSPS) is 19.5. The van der Waals surface area contributed by atoms with E-state index in [-0.39, 0.29) is 23.5 Å². The van der Waals surface area contributed by atoms with E-state index in [1.807, 2.05) is 0 Å². The lowest BCUT2D eigenvalue weighted by Crippen LogP contribution is -2.48. The lowest BCUT2D eigenvalue weighted by atomic mass is 10.1. The molecule has 2 amide bonds. The van der Waals surface area contributed by atoms with Crippen LogP contribution in [0, 0.1) is 0 Å². The maximum absolute atomic E-state index is 12.3. The van der Waals surface area contributed by atoms with Crippen molar-refractivity contribution in [3.63, 3.8) is 0 Å². The zero-order chi connectivity index (χ0) is 19.6. The smallest absolute Gasteiger partial charge is 0.272 e. The Morgan fingerprint density at radius 3 is 2.67 bits per heavy atom. The minimum absolute atomic E-state index is 0.0592. The molecule has 1 aromatic carbocycles. The maximum atomic E-state index is 12.3. The van der Waals surface area contributed by atoms with Gasteiger partial charge in [0.15, 0.2) is 9.84 Å². The Morgan fingerprint density at radius 1 is 1.30 bits per heavy atom. The average Bonchev–Trinajstić information content (AvgIpc) is 2.96. The topological polar surface area (TPSA) is 138 Å². The molecule has 1 fully saturated rings. The number of amides is 2. The number of fused-ring (bicyclic) bond motifs is 1. The lowest BCUT2D eigenvalue weighted by Gasteiger charge is -2.17. The van der Waals surface area contributed by atoms with Gasteiger partial charge in [0.05, 0.1) is 29.0 Å². The molecular formula is C17H20N4O5S. The number of carbonyl (C=O) groups excluding carboxylic acids is 2. The molecule has 3 rings (SSSR count). The largest absolute Gasteiger partial charge is 0.351 e. The first-order valence-electron chi connectivity index (χ1n) is 8.51. The van der Waals surface area contributed by atoms with Crippen LogP contribution >= 0.6 is 0 Å². The molecule has 0 aliphatic carbocycles. The average molecular weight is 392 g/mol. The fourth-order valence-corrected chi connectivity index (χ4v) is 4.72. The zero-order valence-corrected chi connectivity index (χ0v) is 15.5. The molecule has 10 heteroatoms. The Hall–Kier alpha value is -2.75. The van der Waals surface area contributed by atoms with Crippen LogP contribution in [-0.4, -0.2) is 54.0 Å². The van der Waals surface area contributed by atoms with Gasteiger partial charge in [-0.15, -0.1) is 0 Å². The highest BCUT2D eigenvalue weighted by Crippen LogP contribution is 2.13.